The number of aliphatic imine (C=N–C) groups is 1. The van der Waals surface area contributed by atoms with E-state index in [0.717, 1.165) is 31.6 Å². The molecule has 0 aromatic carbocycles. The normalized spacial score (nSPS) is 16.9. The molecule has 1 rings (SSSR count). The summed E-state index contributed by atoms with van der Waals surface area (Å²) in [5, 5.41) is 6.83. The summed E-state index contributed by atoms with van der Waals surface area (Å²) in [6, 6.07) is 1.46. The first-order chi connectivity index (χ1) is 9.39. The summed E-state index contributed by atoms with van der Waals surface area (Å²) in [7, 11) is 1.84. The van der Waals surface area contributed by atoms with E-state index in [0.29, 0.717) is 6.04 Å². The Morgan fingerprint density at radius 3 is 2.45 bits per heavy atom. The first-order valence-electron chi connectivity index (χ1n) is 7.65. The number of thioether (sulfide) groups is 1. The van der Waals surface area contributed by atoms with Crippen molar-refractivity contribution in [2.24, 2.45) is 4.99 Å². The van der Waals surface area contributed by atoms with E-state index in [1.807, 2.05) is 18.8 Å². The molecule has 0 unspecified atom stereocenters. The lowest BCUT2D eigenvalue weighted by atomic mass is 10.2. The molecule has 0 aliphatic heterocycles. The number of hydrogen-bond donors (Lipinski definition) is 2. The van der Waals surface area contributed by atoms with Gasteiger partial charge in [0.2, 0.25) is 0 Å². The number of guanidine groups is 1. The number of rotatable bonds is 8. The van der Waals surface area contributed by atoms with Gasteiger partial charge in [0.15, 0.2) is 5.96 Å². The van der Waals surface area contributed by atoms with Gasteiger partial charge >= 0.3 is 0 Å². The first-order valence-corrected chi connectivity index (χ1v) is 8.87. The van der Waals surface area contributed by atoms with Crippen LogP contribution in [0.3, 0.4) is 0 Å². The lowest BCUT2D eigenvalue weighted by molar-refractivity contribution is 0.215. The van der Waals surface area contributed by atoms with Crippen molar-refractivity contribution < 1.29 is 0 Å². The van der Waals surface area contributed by atoms with Crippen LogP contribution < -0.4 is 10.6 Å². The van der Waals surface area contributed by atoms with Gasteiger partial charge in [0.05, 0.1) is 0 Å². The molecule has 0 spiro atoms. The minimum Gasteiger partial charge on any atom is -0.355 e. The lowest BCUT2D eigenvalue weighted by Gasteiger charge is -2.27. The van der Waals surface area contributed by atoms with Crippen LogP contribution in [0.25, 0.3) is 0 Å². The van der Waals surface area contributed by atoms with E-state index in [2.05, 4.69) is 54.5 Å². The van der Waals surface area contributed by atoms with Gasteiger partial charge in [-0.15, -0.1) is 0 Å². The average molecular weight is 301 g/mol. The largest absolute Gasteiger partial charge is 0.355 e. The second-order valence-electron chi connectivity index (χ2n) is 6.38. The Labute approximate surface area is 129 Å². The molecule has 0 heterocycles. The summed E-state index contributed by atoms with van der Waals surface area (Å²) in [6.07, 6.45) is 4.88. The summed E-state index contributed by atoms with van der Waals surface area (Å²) in [5.41, 5.74) is 0. The molecule has 2 N–H and O–H groups in total. The van der Waals surface area contributed by atoms with E-state index in [4.69, 9.17) is 0 Å². The summed E-state index contributed by atoms with van der Waals surface area (Å²) >= 11 is 1.87. The second-order valence-corrected chi connectivity index (χ2v) is 7.89. The maximum Gasteiger partial charge on any atom is 0.191 e. The Kier molecular flexibility index (Phi) is 7.17. The van der Waals surface area contributed by atoms with E-state index in [-0.39, 0.29) is 4.75 Å². The fourth-order valence-corrected chi connectivity index (χ4v) is 2.38. The molecule has 1 aliphatic carbocycles. The maximum absolute atomic E-state index is 4.29. The maximum atomic E-state index is 4.29. The fourth-order valence-electron chi connectivity index (χ4n) is 2.16. The van der Waals surface area contributed by atoms with Crippen LogP contribution >= 0.6 is 11.8 Å². The molecule has 0 aromatic heterocycles. The molecule has 20 heavy (non-hydrogen) atoms. The lowest BCUT2D eigenvalue weighted by Crippen LogP contribution is -2.46. The molecule has 0 amide bonds. The summed E-state index contributed by atoms with van der Waals surface area (Å²) in [5.74, 6) is 0.909. The van der Waals surface area contributed by atoms with Gasteiger partial charge in [0.1, 0.15) is 0 Å². The van der Waals surface area contributed by atoms with Crippen molar-refractivity contribution in [3.8, 4) is 0 Å². The first kappa shape index (κ1) is 17.6. The topological polar surface area (TPSA) is 39.7 Å². The molecule has 0 bridgehead atoms. The van der Waals surface area contributed by atoms with Crippen LogP contribution in [0.4, 0.5) is 0 Å². The molecule has 1 fully saturated rings. The predicted molar refractivity (Wildman–Crippen MR) is 91.8 cm³/mol. The third-order valence-electron chi connectivity index (χ3n) is 3.80. The Morgan fingerprint density at radius 1 is 1.35 bits per heavy atom. The standard InChI is InChI=1S/C15H32N4S/c1-12(2)19(13-7-8-13)10-9-17-14(16-5)18-11-15(3,4)20-6/h12-13H,7-11H2,1-6H3,(H2,16,17,18). The third-order valence-corrected chi connectivity index (χ3v) is 5.05. The van der Waals surface area contributed by atoms with Crippen molar-refractivity contribution >= 4 is 17.7 Å². The van der Waals surface area contributed by atoms with Crippen molar-refractivity contribution in [1.29, 1.82) is 0 Å². The summed E-state index contributed by atoms with van der Waals surface area (Å²) in [6.45, 7) is 12.0. The average Bonchev–Trinajstić information content (AvgIpc) is 3.22. The van der Waals surface area contributed by atoms with E-state index in [9.17, 15) is 0 Å². The molecular weight excluding hydrogens is 268 g/mol. The van der Waals surface area contributed by atoms with Crippen LogP contribution in [0.5, 0.6) is 0 Å². The van der Waals surface area contributed by atoms with Gasteiger partial charge < -0.3 is 10.6 Å². The van der Waals surface area contributed by atoms with E-state index < -0.39 is 0 Å². The molecule has 5 heteroatoms. The monoisotopic (exact) mass is 300 g/mol. The molecule has 4 nitrogen and oxygen atoms in total. The Hall–Kier alpha value is -0.420. The highest BCUT2D eigenvalue weighted by Crippen LogP contribution is 2.27. The van der Waals surface area contributed by atoms with E-state index in [1.54, 1.807) is 0 Å². The molecule has 0 radical (unpaired) electrons. The van der Waals surface area contributed by atoms with Crippen LogP contribution in [0.2, 0.25) is 0 Å². The van der Waals surface area contributed by atoms with Crippen LogP contribution in [0.1, 0.15) is 40.5 Å². The van der Waals surface area contributed by atoms with Crippen molar-refractivity contribution in [3.63, 3.8) is 0 Å². The zero-order valence-electron chi connectivity index (χ0n) is 14.0. The second kappa shape index (κ2) is 8.13. The van der Waals surface area contributed by atoms with Gasteiger partial charge in [-0.1, -0.05) is 0 Å². The molecular formula is C15H32N4S. The molecule has 1 aliphatic rings. The van der Waals surface area contributed by atoms with Gasteiger partial charge in [-0.05, 0) is 46.8 Å². The smallest absolute Gasteiger partial charge is 0.191 e. The molecule has 0 saturated heterocycles. The SMILES string of the molecule is CN=C(NCCN(C(C)C)C1CC1)NCC(C)(C)SC. The van der Waals surface area contributed by atoms with Gasteiger partial charge in [-0.2, -0.15) is 11.8 Å². The van der Waals surface area contributed by atoms with Gasteiger partial charge in [-0.3, -0.25) is 9.89 Å². The van der Waals surface area contributed by atoms with E-state index >= 15 is 0 Å². The minimum atomic E-state index is 0.232. The predicted octanol–water partition coefficient (Wildman–Crippen LogP) is 2.17. The van der Waals surface area contributed by atoms with Crippen LogP contribution in [0, 0.1) is 0 Å². The highest BCUT2D eigenvalue weighted by Gasteiger charge is 2.30. The third kappa shape index (κ3) is 6.35. The number of hydrogen-bond acceptors (Lipinski definition) is 3. The Bertz CT molecular complexity index is 309. The molecule has 1 saturated carbocycles. The Morgan fingerprint density at radius 2 is 2.00 bits per heavy atom. The van der Waals surface area contributed by atoms with E-state index in [1.165, 1.54) is 12.8 Å². The molecule has 0 atom stereocenters. The highest BCUT2D eigenvalue weighted by atomic mass is 32.2. The van der Waals surface area contributed by atoms with Crippen LogP contribution in [0.15, 0.2) is 4.99 Å². The minimum absolute atomic E-state index is 0.232. The summed E-state index contributed by atoms with van der Waals surface area (Å²) in [4.78, 5) is 6.88. The van der Waals surface area contributed by atoms with Crippen LogP contribution in [-0.2, 0) is 0 Å². The number of nitrogens with zero attached hydrogens (tertiary/aromatic N) is 2. The van der Waals surface area contributed by atoms with Crippen molar-refractivity contribution in [1.82, 2.24) is 15.5 Å². The van der Waals surface area contributed by atoms with Gasteiger partial charge in [0, 0.05) is 43.5 Å². The van der Waals surface area contributed by atoms with Crippen LogP contribution in [-0.4, -0.2) is 60.6 Å². The Balaban J connectivity index is 2.27. The molecule has 118 valence electrons. The zero-order valence-corrected chi connectivity index (χ0v) is 14.8. The van der Waals surface area contributed by atoms with Crippen molar-refractivity contribution in [2.45, 2.75) is 57.4 Å². The fraction of sp³-hybridized carbons (Fsp3) is 0.933. The quantitative estimate of drug-likeness (QED) is 0.532. The summed E-state index contributed by atoms with van der Waals surface area (Å²) < 4.78 is 0.232. The van der Waals surface area contributed by atoms with Gasteiger partial charge in [0.25, 0.3) is 0 Å². The van der Waals surface area contributed by atoms with Crippen molar-refractivity contribution in [2.75, 3.05) is 32.9 Å². The molecule has 0 aromatic rings. The van der Waals surface area contributed by atoms with Crippen molar-refractivity contribution in [3.05, 3.63) is 0 Å². The number of nitrogens with one attached hydrogen (secondary N) is 2. The van der Waals surface area contributed by atoms with Gasteiger partial charge in [-0.25, -0.2) is 0 Å². The highest BCUT2D eigenvalue weighted by molar-refractivity contribution is 7.99. The zero-order chi connectivity index (χ0) is 15.2.